The maximum Gasteiger partial charge on any atom is 0.257 e. The molecule has 26 heavy (non-hydrogen) atoms. The molecule has 2 aromatic carbocycles. The van der Waals surface area contributed by atoms with Gasteiger partial charge in [0.05, 0.1) is 16.3 Å². The molecule has 1 heterocycles. The van der Waals surface area contributed by atoms with E-state index in [9.17, 15) is 4.79 Å². The minimum atomic E-state index is -0.302. The summed E-state index contributed by atoms with van der Waals surface area (Å²) in [5.74, 6) is 0.430. The smallest absolute Gasteiger partial charge is 0.257 e. The quantitative estimate of drug-likeness (QED) is 0.593. The molecule has 1 aromatic heterocycles. The summed E-state index contributed by atoms with van der Waals surface area (Å²) in [6.07, 6.45) is 0.930. The van der Waals surface area contributed by atoms with E-state index >= 15 is 0 Å². The van der Waals surface area contributed by atoms with Crippen molar-refractivity contribution in [3.63, 3.8) is 0 Å². The van der Waals surface area contributed by atoms with Crippen LogP contribution in [0.25, 0.3) is 10.2 Å². The van der Waals surface area contributed by atoms with E-state index in [4.69, 9.17) is 28.6 Å². The minimum absolute atomic E-state index is 0.177. The lowest BCUT2D eigenvalue weighted by Gasteiger charge is -2.08. The van der Waals surface area contributed by atoms with E-state index in [1.54, 1.807) is 30.3 Å². The van der Waals surface area contributed by atoms with E-state index in [0.29, 0.717) is 27.8 Å². The summed E-state index contributed by atoms with van der Waals surface area (Å²) in [5, 5.41) is 6.89. The Kier molecular flexibility index (Phi) is 6.03. The van der Waals surface area contributed by atoms with Crippen LogP contribution < -0.4 is 15.4 Å². The Morgan fingerprint density at radius 1 is 1.27 bits per heavy atom. The van der Waals surface area contributed by atoms with Gasteiger partial charge in [-0.3, -0.25) is 10.1 Å². The normalized spacial score (nSPS) is 10.5. The van der Waals surface area contributed by atoms with Crippen LogP contribution >= 0.6 is 35.2 Å². The summed E-state index contributed by atoms with van der Waals surface area (Å²) < 4.78 is 6.44. The number of nitrogens with one attached hydrogen (secondary N) is 2. The van der Waals surface area contributed by atoms with Crippen molar-refractivity contribution in [3.05, 3.63) is 53.1 Å². The Hall–Kier alpha value is -2.22. The highest BCUT2D eigenvalue weighted by Crippen LogP contribution is 2.30. The number of ether oxygens (including phenoxy) is 1. The van der Waals surface area contributed by atoms with Gasteiger partial charge in [-0.2, -0.15) is 0 Å². The summed E-state index contributed by atoms with van der Waals surface area (Å²) in [6.45, 7) is 2.68. The van der Waals surface area contributed by atoms with Gasteiger partial charge in [0.25, 0.3) is 5.91 Å². The van der Waals surface area contributed by atoms with E-state index in [0.717, 1.165) is 16.9 Å². The second kappa shape index (κ2) is 8.44. The first-order valence-corrected chi connectivity index (χ1v) is 9.57. The van der Waals surface area contributed by atoms with Gasteiger partial charge in [-0.1, -0.05) is 35.9 Å². The van der Waals surface area contributed by atoms with Gasteiger partial charge in [-0.15, -0.1) is 0 Å². The number of hydrogen-bond acceptors (Lipinski definition) is 5. The molecule has 3 aromatic rings. The van der Waals surface area contributed by atoms with Crippen LogP contribution in [-0.4, -0.2) is 22.6 Å². The first-order valence-electron chi connectivity index (χ1n) is 7.97. The molecule has 0 aliphatic carbocycles. The third-order valence-corrected chi connectivity index (χ3v) is 4.85. The zero-order chi connectivity index (χ0) is 18.5. The van der Waals surface area contributed by atoms with Gasteiger partial charge in [0.2, 0.25) is 0 Å². The number of carbonyl (C=O) groups is 1. The van der Waals surface area contributed by atoms with Crippen LogP contribution in [0.5, 0.6) is 5.75 Å². The van der Waals surface area contributed by atoms with Gasteiger partial charge in [0, 0.05) is 5.56 Å². The third kappa shape index (κ3) is 4.49. The predicted molar refractivity (Wildman–Crippen MR) is 111 cm³/mol. The molecule has 0 saturated carbocycles. The number of anilines is 1. The van der Waals surface area contributed by atoms with E-state index in [2.05, 4.69) is 15.6 Å². The van der Waals surface area contributed by atoms with Crippen LogP contribution in [0.3, 0.4) is 0 Å². The zero-order valence-corrected chi connectivity index (χ0v) is 16.3. The van der Waals surface area contributed by atoms with E-state index in [-0.39, 0.29) is 11.0 Å². The topological polar surface area (TPSA) is 63.2 Å². The fraction of sp³-hybridized carbons (Fsp3) is 0.167. The number of aromatic nitrogens is 1. The summed E-state index contributed by atoms with van der Waals surface area (Å²) in [6, 6.07) is 12.5. The van der Waals surface area contributed by atoms with Crippen molar-refractivity contribution in [2.24, 2.45) is 0 Å². The van der Waals surface area contributed by atoms with Crippen LogP contribution in [-0.2, 0) is 0 Å². The molecule has 0 aliphatic rings. The summed E-state index contributed by atoms with van der Waals surface area (Å²) in [7, 11) is 0. The number of rotatable bonds is 5. The highest BCUT2D eigenvalue weighted by Gasteiger charge is 2.11. The number of para-hydroxylation sites is 1. The molecule has 5 nitrogen and oxygen atoms in total. The Morgan fingerprint density at radius 3 is 2.73 bits per heavy atom. The largest absolute Gasteiger partial charge is 0.494 e. The number of hydrogen-bond donors (Lipinski definition) is 2. The Bertz CT molecular complexity index is 941. The molecule has 0 saturated heterocycles. The van der Waals surface area contributed by atoms with Gasteiger partial charge >= 0.3 is 0 Å². The number of halogens is 1. The molecule has 134 valence electrons. The van der Waals surface area contributed by atoms with E-state index < -0.39 is 0 Å². The first-order chi connectivity index (χ1) is 12.6. The highest BCUT2D eigenvalue weighted by molar-refractivity contribution is 7.80. The Morgan fingerprint density at radius 2 is 2.04 bits per heavy atom. The van der Waals surface area contributed by atoms with Gasteiger partial charge in [0.15, 0.2) is 10.2 Å². The maximum absolute atomic E-state index is 12.3. The Balaban J connectivity index is 1.61. The molecule has 3 rings (SSSR count). The number of benzene rings is 2. The zero-order valence-electron chi connectivity index (χ0n) is 13.9. The second-order valence-corrected chi connectivity index (χ2v) is 7.23. The van der Waals surface area contributed by atoms with Crippen molar-refractivity contribution in [2.75, 3.05) is 11.9 Å². The molecular formula is C18H16ClN3O2S2. The number of thiazole rings is 1. The number of carbonyl (C=O) groups excluding carboxylic acids is 1. The van der Waals surface area contributed by atoms with Gasteiger partial charge in [-0.05, 0) is 55.0 Å². The molecule has 0 aliphatic heterocycles. The molecule has 0 bridgehead atoms. The number of fused-ring (bicyclic) bond motifs is 1. The lowest BCUT2D eigenvalue weighted by molar-refractivity contribution is 0.0977. The fourth-order valence-electron chi connectivity index (χ4n) is 2.19. The summed E-state index contributed by atoms with van der Waals surface area (Å²) >= 11 is 12.7. The molecule has 0 spiro atoms. The molecule has 1 amide bonds. The molecule has 8 heteroatoms. The van der Waals surface area contributed by atoms with Gasteiger partial charge in [0.1, 0.15) is 11.3 Å². The Labute approximate surface area is 165 Å². The van der Waals surface area contributed by atoms with Crippen molar-refractivity contribution in [3.8, 4) is 5.75 Å². The van der Waals surface area contributed by atoms with Crippen LogP contribution in [0.2, 0.25) is 5.02 Å². The standard InChI is InChI=1S/C18H16ClN3O2S2/c1-2-10-24-12-8-6-11(7-9-12)16(23)21-17(25)22-18-20-15-13(19)4-3-5-14(15)26-18/h3-9H,2,10H2,1H3,(H2,20,21,22,23,25). The van der Waals surface area contributed by atoms with Crippen LogP contribution in [0, 0.1) is 0 Å². The third-order valence-electron chi connectivity index (χ3n) is 3.41. The molecular weight excluding hydrogens is 390 g/mol. The molecule has 0 atom stereocenters. The fourth-order valence-corrected chi connectivity index (χ4v) is 3.62. The predicted octanol–water partition coefficient (Wildman–Crippen LogP) is 4.87. The van der Waals surface area contributed by atoms with Gasteiger partial charge < -0.3 is 10.1 Å². The monoisotopic (exact) mass is 405 g/mol. The van der Waals surface area contributed by atoms with Crippen LogP contribution in [0.4, 0.5) is 5.13 Å². The average Bonchev–Trinajstić information content (AvgIpc) is 3.04. The molecule has 0 fully saturated rings. The average molecular weight is 406 g/mol. The highest BCUT2D eigenvalue weighted by atomic mass is 35.5. The van der Waals surface area contributed by atoms with Gasteiger partial charge in [-0.25, -0.2) is 4.98 Å². The van der Waals surface area contributed by atoms with Crippen molar-refractivity contribution < 1.29 is 9.53 Å². The molecule has 2 N–H and O–H groups in total. The number of thiocarbonyl (C=S) groups is 1. The summed E-state index contributed by atoms with van der Waals surface area (Å²) in [4.78, 5) is 16.7. The van der Waals surface area contributed by atoms with Crippen molar-refractivity contribution in [1.82, 2.24) is 10.3 Å². The SMILES string of the molecule is CCCOc1ccc(C(=O)NC(=S)Nc2nc3c(Cl)cccc3s2)cc1. The number of amides is 1. The molecule has 0 unspecified atom stereocenters. The van der Waals surface area contributed by atoms with E-state index in [1.165, 1.54) is 11.3 Å². The lowest BCUT2D eigenvalue weighted by Crippen LogP contribution is -2.34. The van der Waals surface area contributed by atoms with Crippen molar-refractivity contribution in [1.29, 1.82) is 0 Å². The number of nitrogens with zero attached hydrogens (tertiary/aromatic N) is 1. The van der Waals surface area contributed by atoms with Crippen LogP contribution in [0.1, 0.15) is 23.7 Å². The van der Waals surface area contributed by atoms with Crippen molar-refractivity contribution in [2.45, 2.75) is 13.3 Å². The maximum atomic E-state index is 12.3. The van der Waals surface area contributed by atoms with Crippen molar-refractivity contribution >= 4 is 61.5 Å². The molecule has 0 radical (unpaired) electrons. The minimum Gasteiger partial charge on any atom is -0.494 e. The van der Waals surface area contributed by atoms with Crippen LogP contribution in [0.15, 0.2) is 42.5 Å². The lowest BCUT2D eigenvalue weighted by atomic mass is 10.2. The van der Waals surface area contributed by atoms with E-state index in [1.807, 2.05) is 19.1 Å². The second-order valence-electron chi connectivity index (χ2n) is 5.39. The first kappa shape index (κ1) is 18.6. The summed E-state index contributed by atoms with van der Waals surface area (Å²) in [5.41, 5.74) is 1.20.